The van der Waals surface area contributed by atoms with Crippen molar-refractivity contribution in [3.8, 4) is 0 Å². The van der Waals surface area contributed by atoms with Gasteiger partial charge in [-0.25, -0.2) is 5.43 Å². The second-order valence-electron chi connectivity index (χ2n) is 11.1. The van der Waals surface area contributed by atoms with E-state index >= 15 is 0 Å². The molecule has 0 aromatic heterocycles. The number of nitrogens with one attached hydrogen (secondary N) is 2. The lowest BCUT2D eigenvalue weighted by molar-refractivity contribution is 0.0896. The molecule has 0 saturated carbocycles. The zero-order chi connectivity index (χ0) is 28.6. The van der Waals surface area contributed by atoms with E-state index < -0.39 is 0 Å². The predicted octanol–water partition coefficient (Wildman–Crippen LogP) is 6.07. The molecule has 0 spiro atoms. The second-order valence-corrected chi connectivity index (χ2v) is 12.3. The molecule has 0 unspecified atom stereocenters. The highest BCUT2D eigenvalue weighted by Gasteiger charge is 2.25. The summed E-state index contributed by atoms with van der Waals surface area (Å²) in [7, 11) is 0. The first-order valence-corrected chi connectivity index (χ1v) is 15.6. The number of hydrazone groups is 1. The number of hydrogen-bond donors (Lipinski definition) is 2. The van der Waals surface area contributed by atoms with Gasteiger partial charge in [0.2, 0.25) is 0 Å². The standard InChI is InChI=1S/C33H38IN5O2/c1-24-7-5-8-25(19-24)22-35-37-33(41)30-21-28(34)11-12-31(30)36-32(40)27-10-6-9-26(20-27)23-38-17-13-29(14-18-38)39-15-3-2-4-16-39/h5-12,19-22,29H,2-4,13-18,23H2,1H3,(H,36,40)(H,37,41)/b35-22+. The Labute approximate surface area is 256 Å². The number of rotatable bonds is 8. The summed E-state index contributed by atoms with van der Waals surface area (Å²) in [6.45, 7) is 7.53. The number of piperidine rings is 2. The average molecular weight is 664 g/mol. The summed E-state index contributed by atoms with van der Waals surface area (Å²) in [6, 6.07) is 21.8. The van der Waals surface area contributed by atoms with Crippen LogP contribution in [0.4, 0.5) is 5.69 Å². The smallest absolute Gasteiger partial charge is 0.273 e. The summed E-state index contributed by atoms with van der Waals surface area (Å²) in [5, 5.41) is 7.07. The SMILES string of the molecule is Cc1cccc(/C=N/NC(=O)c2cc(I)ccc2NC(=O)c2cccc(CN3CCC(N4CCCCC4)CC3)c2)c1. The van der Waals surface area contributed by atoms with Crippen molar-refractivity contribution in [2.75, 3.05) is 31.5 Å². The lowest BCUT2D eigenvalue weighted by Gasteiger charge is -2.40. The second kappa shape index (κ2) is 14.2. The molecule has 2 N–H and O–H groups in total. The summed E-state index contributed by atoms with van der Waals surface area (Å²) in [5.41, 5.74) is 7.12. The molecule has 5 rings (SSSR count). The van der Waals surface area contributed by atoms with Crippen LogP contribution in [0, 0.1) is 10.5 Å². The number of hydrogen-bond acceptors (Lipinski definition) is 5. The third-order valence-electron chi connectivity index (χ3n) is 7.96. The van der Waals surface area contributed by atoms with Crippen molar-refractivity contribution in [3.05, 3.63) is 98.1 Å². The molecule has 2 fully saturated rings. The molecule has 2 heterocycles. The molecule has 0 radical (unpaired) electrons. The zero-order valence-electron chi connectivity index (χ0n) is 23.6. The van der Waals surface area contributed by atoms with Crippen LogP contribution in [0.3, 0.4) is 0 Å². The van der Waals surface area contributed by atoms with Crippen LogP contribution >= 0.6 is 22.6 Å². The maximum Gasteiger partial charge on any atom is 0.273 e. The molecular weight excluding hydrogens is 625 g/mol. The molecule has 7 nitrogen and oxygen atoms in total. The number of nitrogens with zero attached hydrogens (tertiary/aromatic N) is 3. The number of aryl methyl sites for hydroxylation is 1. The number of amides is 2. The van der Waals surface area contributed by atoms with E-state index in [1.165, 1.54) is 45.2 Å². The van der Waals surface area contributed by atoms with Gasteiger partial charge in [-0.05, 0) is 123 Å². The highest BCUT2D eigenvalue weighted by atomic mass is 127. The fourth-order valence-corrected chi connectivity index (χ4v) is 6.27. The molecule has 0 aliphatic carbocycles. The third kappa shape index (κ3) is 8.24. The number of carbonyl (C=O) groups excluding carboxylic acids is 2. The summed E-state index contributed by atoms with van der Waals surface area (Å²) in [5.74, 6) is -0.626. The van der Waals surface area contributed by atoms with Crippen LogP contribution in [0.25, 0.3) is 0 Å². The van der Waals surface area contributed by atoms with Crippen LogP contribution in [-0.2, 0) is 6.54 Å². The third-order valence-corrected chi connectivity index (χ3v) is 8.63. The molecule has 2 saturated heterocycles. The van der Waals surface area contributed by atoms with Crippen LogP contribution in [0.1, 0.15) is 69.5 Å². The van der Waals surface area contributed by atoms with Gasteiger partial charge in [0.1, 0.15) is 0 Å². The van der Waals surface area contributed by atoms with Crippen LogP contribution < -0.4 is 10.7 Å². The fraction of sp³-hybridized carbons (Fsp3) is 0.364. The molecular formula is C33H38IN5O2. The summed E-state index contributed by atoms with van der Waals surface area (Å²) >= 11 is 2.16. The van der Waals surface area contributed by atoms with E-state index in [9.17, 15) is 9.59 Å². The molecule has 2 amide bonds. The van der Waals surface area contributed by atoms with Crippen molar-refractivity contribution in [2.45, 2.75) is 51.6 Å². The Morgan fingerprint density at radius 1 is 0.927 bits per heavy atom. The minimum Gasteiger partial charge on any atom is -0.321 e. The number of benzene rings is 3. The first kappa shape index (κ1) is 29.4. The molecule has 0 bridgehead atoms. The Morgan fingerprint density at radius 2 is 1.71 bits per heavy atom. The number of carbonyl (C=O) groups is 2. The zero-order valence-corrected chi connectivity index (χ0v) is 25.8. The summed E-state index contributed by atoms with van der Waals surface area (Å²) in [6.07, 6.45) is 8.09. The molecule has 8 heteroatoms. The van der Waals surface area contributed by atoms with E-state index in [2.05, 4.69) is 54.3 Å². The van der Waals surface area contributed by atoms with Gasteiger partial charge in [0, 0.05) is 21.7 Å². The highest BCUT2D eigenvalue weighted by Crippen LogP contribution is 2.23. The Bertz CT molecular complexity index is 1390. The van der Waals surface area contributed by atoms with Crippen LogP contribution in [0.15, 0.2) is 71.8 Å². The van der Waals surface area contributed by atoms with E-state index in [0.29, 0.717) is 16.8 Å². The van der Waals surface area contributed by atoms with Crippen molar-refractivity contribution in [3.63, 3.8) is 0 Å². The monoisotopic (exact) mass is 663 g/mol. The quantitative estimate of drug-likeness (QED) is 0.175. The lowest BCUT2D eigenvalue weighted by Crippen LogP contribution is -2.46. The first-order chi connectivity index (χ1) is 19.9. The first-order valence-electron chi connectivity index (χ1n) is 14.5. The van der Waals surface area contributed by atoms with E-state index in [1.807, 2.05) is 55.5 Å². The average Bonchev–Trinajstić information content (AvgIpc) is 2.99. The maximum atomic E-state index is 13.3. The number of halogens is 1. The molecule has 3 aromatic carbocycles. The normalized spacial score (nSPS) is 17.0. The van der Waals surface area contributed by atoms with Crippen LogP contribution in [0.5, 0.6) is 0 Å². The van der Waals surface area contributed by atoms with E-state index in [1.54, 1.807) is 18.3 Å². The minimum absolute atomic E-state index is 0.242. The number of anilines is 1. The van der Waals surface area contributed by atoms with Gasteiger partial charge in [-0.1, -0.05) is 48.4 Å². The molecule has 2 aliphatic heterocycles. The largest absolute Gasteiger partial charge is 0.321 e. The van der Waals surface area contributed by atoms with Gasteiger partial charge >= 0.3 is 0 Å². The van der Waals surface area contributed by atoms with Crippen molar-refractivity contribution >= 4 is 46.3 Å². The highest BCUT2D eigenvalue weighted by molar-refractivity contribution is 14.1. The molecule has 41 heavy (non-hydrogen) atoms. The Hall–Kier alpha value is -3.08. The van der Waals surface area contributed by atoms with Gasteiger partial charge in [0.15, 0.2) is 0 Å². The molecule has 214 valence electrons. The van der Waals surface area contributed by atoms with Crippen LogP contribution in [-0.4, -0.2) is 60.0 Å². The van der Waals surface area contributed by atoms with Crippen molar-refractivity contribution in [2.24, 2.45) is 5.10 Å². The van der Waals surface area contributed by atoms with Gasteiger partial charge in [0.25, 0.3) is 11.8 Å². The van der Waals surface area contributed by atoms with Crippen molar-refractivity contribution in [1.29, 1.82) is 0 Å². The van der Waals surface area contributed by atoms with Gasteiger partial charge in [0.05, 0.1) is 17.5 Å². The molecule has 3 aromatic rings. The van der Waals surface area contributed by atoms with Crippen molar-refractivity contribution in [1.82, 2.24) is 15.2 Å². The minimum atomic E-state index is -0.385. The molecule has 0 atom stereocenters. The number of likely N-dealkylation sites (tertiary alicyclic amines) is 2. The van der Waals surface area contributed by atoms with E-state index in [0.717, 1.165) is 45.9 Å². The van der Waals surface area contributed by atoms with E-state index in [-0.39, 0.29) is 11.8 Å². The Kier molecular flexibility index (Phi) is 10.2. The van der Waals surface area contributed by atoms with E-state index in [4.69, 9.17) is 0 Å². The van der Waals surface area contributed by atoms with Crippen LogP contribution in [0.2, 0.25) is 0 Å². The van der Waals surface area contributed by atoms with Crippen molar-refractivity contribution < 1.29 is 9.59 Å². The summed E-state index contributed by atoms with van der Waals surface area (Å²) < 4.78 is 0.888. The maximum absolute atomic E-state index is 13.3. The predicted molar refractivity (Wildman–Crippen MR) is 174 cm³/mol. The molecule has 2 aliphatic rings. The Balaban J connectivity index is 1.19. The lowest BCUT2D eigenvalue weighted by atomic mass is 9.99. The Morgan fingerprint density at radius 3 is 2.49 bits per heavy atom. The van der Waals surface area contributed by atoms with Gasteiger partial charge in [-0.3, -0.25) is 14.5 Å². The summed E-state index contributed by atoms with van der Waals surface area (Å²) in [4.78, 5) is 31.5. The van der Waals surface area contributed by atoms with Gasteiger partial charge in [-0.15, -0.1) is 0 Å². The van der Waals surface area contributed by atoms with Gasteiger partial charge in [-0.2, -0.15) is 5.10 Å². The topological polar surface area (TPSA) is 77.0 Å². The fourth-order valence-electron chi connectivity index (χ4n) is 5.78. The van der Waals surface area contributed by atoms with Gasteiger partial charge < -0.3 is 10.2 Å².